The summed E-state index contributed by atoms with van der Waals surface area (Å²) in [6.45, 7) is 0. The van der Waals surface area contributed by atoms with E-state index in [-0.39, 0.29) is 12.8 Å². The average molecular weight is 454 g/mol. The molecule has 1 saturated heterocycles. The van der Waals surface area contributed by atoms with Crippen molar-refractivity contribution in [3.63, 3.8) is 0 Å². The van der Waals surface area contributed by atoms with Crippen molar-refractivity contribution in [2.75, 3.05) is 0 Å². The molecule has 0 spiro atoms. The van der Waals surface area contributed by atoms with Crippen molar-refractivity contribution in [2.45, 2.75) is 31.1 Å². The fourth-order valence-corrected chi connectivity index (χ4v) is 3.85. The number of nitrogens with one attached hydrogen (secondary N) is 2. The molecule has 9 heteroatoms. The number of alkyl halides is 3. The average Bonchev–Trinajstić information content (AvgIpc) is 2.83. The van der Waals surface area contributed by atoms with Gasteiger partial charge in [-0.3, -0.25) is 19.6 Å². The third kappa shape index (κ3) is 5.19. The molecule has 0 saturated carbocycles. The topological polar surface area (TPSA) is 84.0 Å². The van der Waals surface area contributed by atoms with Crippen molar-refractivity contribution in [3.05, 3.63) is 84.3 Å². The van der Waals surface area contributed by atoms with E-state index in [2.05, 4.69) is 15.3 Å². The maximum atomic E-state index is 12.9. The largest absolute Gasteiger partial charge is 0.408 e. The van der Waals surface area contributed by atoms with Crippen LogP contribution in [0.2, 0.25) is 0 Å². The van der Waals surface area contributed by atoms with Gasteiger partial charge in [-0.05, 0) is 24.0 Å². The molecule has 33 heavy (non-hydrogen) atoms. The summed E-state index contributed by atoms with van der Waals surface area (Å²) in [6, 6.07) is 14.0. The summed E-state index contributed by atoms with van der Waals surface area (Å²) in [6.07, 6.45) is -0.229. The summed E-state index contributed by atoms with van der Waals surface area (Å²) in [5, 5.41) is 4.78. The molecular weight excluding hydrogens is 433 g/mol. The van der Waals surface area contributed by atoms with Crippen LogP contribution >= 0.6 is 0 Å². The smallest absolute Gasteiger partial charge is 0.344 e. The lowest BCUT2D eigenvalue weighted by Gasteiger charge is -2.31. The summed E-state index contributed by atoms with van der Waals surface area (Å²) in [5.41, 5.74) is 3.08. The SMILES string of the molecule is O=C(NC(c1ccccc1)c1ccc(-c2cnccn2)cc1)C1CCC(C(F)(F)F)NC1=O. The summed E-state index contributed by atoms with van der Waals surface area (Å²) in [4.78, 5) is 33.5. The fourth-order valence-electron chi connectivity index (χ4n) is 3.85. The molecule has 1 fully saturated rings. The normalized spacial score (nSPS) is 19.4. The maximum absolute atomic E-state index is 12.9. The standard InChI is InChI=1S/C24H21F3N4O2/c25-24(26,27)20-11-10-18(22(32)30-20)23(33)31-21(16-4-2-1-3-5-16)17-8-6-15(7-9-17)19-14-28-12-13-29-19/h1-9,12-14,18,20-21H,10-11H2,(H,30,32)(H,31,33). The number of hydrogen-bond acceptors (Lipinski definition) is 4. The van der Waals surface area contributed by atoms with Crippen LogP contribution in [0, 0.1) is 5.92 Å². The van der Waals surface area contributed by atoms with Crippen molar-refractivity contribution in [2.24, 2.45) is 5.92 Å². The number of rotatable bonds is 5. The quantitative estimate of drug-likeness (QED) is 0.575. The van der Waals surface area contributed by atoms with Gasteiger partial charge in [-0.15, -0.1) is 0 Å². The number of hydrogen-bond donors (Lipinski definition) is 2. The first-order valence-electron chi connectivity index (χ1n) is 10.4. The predicted molar refractivity (Wildman–Crippen MR) is 115 cm³/mol. The van der Waals surface area contributed by atoms with Gasteiger partial charge in [-0.1, -0.05) is 54.6 Å². The van der Waals surface area contributed by atoms with Crippen molar-refractivity contribution in [1.29, 1.82) is 0 Å². The highest BCUT2D eigenvalue weighted by Gasteiger charge is 2.46. The van der Waals surface area contributed by atoms with Gasteiger partial charge in [0.1, 0.15) is 12.0 Å². The van der Waals surface area contributed by atoms with E-state index in [9.17, 15) is 22.8 Å². The Labute approximate surface area is 188 Å². The van der Waals surface area contributed by atoms with Gasteiger partial charge in [0.15, 0.2) is 0 Å². The summed E-state index contributed by atoms with van der Waals surface area (Å²) in [7, 11) is 0. The van der Waals surface area contributed by atoms with Gasteiger partial charge < -0.3 is 10.6 Å². The highest BCUT2D eigenvalue weighted by molar-refractivity contribution is 6.01. The number of aromatic nitrogens is 2. The molecule has 3 atom stereocenters. The van der Waals surface area contributed by atoms with Crippen LogP contribution in [0.4, 0.5) is 13.2 Å². The molecule has 0 radical (unpaired) electrons. The Bertz CT molecular complexity index is 1110. The lowest BCUT2D eigenvalue weighted by molar-refractivity contribution is -0.171. The van der Waals surface area contributed by atoms with Crippen LogP contribution in [0.3, 0.4) is 0 Å². The molecule has 6 nitrogen and oxygen atoms in total. The number of nitrogens with zero attached hydrogens (tertiary/aromatic N) is 2. The predicted octanol–water partition coefficient (Wildman–Crippen LogP) is 3.81. The first kappa shape index (κ1) is 22.4. The van der Waals surface area contributed by atoms with E-state index >= 15 is 0 Å². The molecule has 1 aliphatic rings. The van der Waals surface area contributed by atoms with E-state index in [1.165, 1.54) is 0 Å². The van der Waals surface area contributed by atoms with Crippen LogP contribution in [0.15, 0.2) is 73.2 Å². The molecule has 170 valence electrons. The number of carbonyl (C=O) groups excluding carboxylic acids is 2. The van der Waals surface area contributed by atoms with Gasteiger partial charge in [-0.2, -0.15) is 13.2 Å². The number of piperidine rings is 1. The minimum atomic E-state index is -4.53. The van der Waals surface area contributed by atoms with Gasteiger partial charge in [0.2, 0.25) is 11.8 Å². The van der Waals surface area contributed by atoms with Gasteiger partial charge in [0, 0.05) is 18.0 Å². The molecule has 0 bridgehead atoms. The van der Waals surface area contributed by atoms with Gasteiger partial charge in [0.05, 0.1) is 17.9 Å². The minimum absolute atomic E-state index is 0.172. The Balaban J connectivity index is 1.55. The maximum Gasteiger partial charge on any atom is 0.408 e. The monoisotopic (exact) mass is 454 g/mol. The molecule has 3 unspecified atom stereocenters. The van der Waals surface area contributed by atoms with Crippen molar-refractivity contribution in [3.8, 4) is 11.3 Å². The lowest BCUT2D eigenvalue weighted by Crippen LogP contribution is -2.54. The molecule has 0 aliphatic carbocycles. The summed E-state index contributed by atoms with van der Waals surface area (Å²) >= 11 is 0. The summed E-state index contributed by atoms with van der Waals surface area (Å²) < 4.78 is 38.8. The van der Waals surface area contributed by atoms with E-state index in [1.54, 1.807) is 18.6 Å². The van der Waals surface area contributed by atoms with Crippen molar-refractivity contribution >= 4 is 11.8 Å². The van der Waals surface area contributed by atoms with Gasteiger partial charge in [0.25, 0.3) is 0 Å². The Kier molecular flexibility index (Phi) is 6.39. The zero-order chi connectivity index (χ0) is 23.4. The summed E-state index contributed by atoms with van der Waals surface area (Å²) in [5.74, 6) is -2.71. The molecule has 1 aromatic heterocycles. The number of halogens is 3. The number of carbonyl (C=O) groups is 2. The van der Waals surface area contributed by atoms with Crippen LogP contribution < -0.4 is 10.6 Å². The Morgan fingerprint density at radius 1 is 1.00 bits per heavy atom. The highest BCUT2D eigenvalue weighted by Crippen LogP contribution is 2.30. The zero-order valence-electron chi connectivity index (χ0n) is 17.4. The van der Waals surface area contributed by atoms with Crippen LogP contribution in [0.1, 0.15) is 30.0 Å². The van der Waals surface area contributed by atoms with E-state index < -0.39 is 36.0 Å². The van der Waals surface area contributed by atoms with Crippen LogP contribution in [-0.4, -0.2) is 34.0 Å². The second kappa shape index (κ2) is 9.40. The Morgan fingerprint density at radius 3 is 2.30 bits per heavy atom. The second-order valence-electron chi connectivity index (χ2n) is 7.80. The minimum Gasteiger partial charge on any atom is -0.344 e. The van der Waals surface area contributed by atoms with Gasteiger partial charge >= 0.3 is 6.18 Å². The first-order chi connectivity index (χ1) is 15.8. The first-order valence-corrected chi connectivity index (χ1v) is 10.4. The van der Waals surface area contributed by atoms with Crippen LogP contribution in [-0.2, 0) is 9.59 Å². The molecule has 1 aliphatic heterocycles. The van der Waals surface area contributed by atoms with Crippen molar-refractivity contribution < 1.29 is 22.8 Å². The second-order valence-corrected chi connectivity index (χ2v) is 7.80. The molecule has 2 N–H and O–H groups in total. The van der Waals surface area contributed by atoms with Gasteiger partial charge in [-0.25, -0.2) is 0 Å². The number of amides is 2. The van der Waals surface area contributed by atoms with E-state index in [4.69, 9.17) is 0 Å². The van der Waals surface area contributed by atoms with E-state index in [1.807, 2.05) is 59.9 Å². The Morgan fingerprint density at radius 2 is 1.70 bits per heavy atom. The molecule has 2 amide bonds. The van der Waals surface area contributed by atoms with E-state index in [0.29, 0.717) is 5.69 Å². The third-order valence-electron chi connectivity index (χ3n) is 5.61. The molecule has 3 aromatic rings. The van der Waals surface area contributed by atoms with Crippen LogP contribution in [0.25, 0.3) is 11.3 Å². The molecular formula is C24H21F3N4O2. The lowest BCUT2D eigenvalue weighted by atomic mass is 9.91. The van der Waals surface area contributed by atoms with Crippen molar-refractivity contribution in [1.82, 2.24) is 20.6 Å². The van der Waals surface area contributed by atoms with E-state index in [0.717, 1.165) is 16.7 Å². The Hall–Kier alpha value is -3.75. The zero-order valence-corrected chi connectivity index (χ0v) is 17.4. The van der Waals surface area contributed by atoms with Crippen LogP contribution in [0.5, 0.6) is 0 Å². The molecule has 2 heterocycles. The fraction of sp³-hybridized carbons (Fsp3) is 0.250. The third-order valence-corrected chi connectivity index (χ3v) is 5.61. The molecule has 4 rings (SSSR count). The highest BCUT2D eigenvalue weighted by atomic mass is 19.4. The molecule has 2 aromatic carbocycles. The number of benzene rings is 2.